The van der Waals surface area contributed by atoms with Gasteiger partial charge in [0.25, 0.3) is 0 Å². The lowest BCUT2D eigenvalue weighted by molar-refractivity contribution is 0.112. The Bertz CT molecular complexity index is 588. The third kappa shape index (κ3) is 2.81. The van der Waals surface area contributed by atoms with Gasteiger partial charge >= 0.3 is 0 Å². The van der Waals surface area contributed by atoms with Gasteiger partial charge in [-0.2, -0.15) is 0 Å². The molecule has 0 aliphatic carbocycles. The molecular weight excluding hydrogens is 243 g/mol. The molecule has 0 radical (unpaired) electrons. The minimum atomic E-state index is -0.274. The fourth-order valence-electron chi connectivity index (χ4n) is 2.11. The SMILES string of the molecule is CCOc1cc(C=O)cc(C)c1-c1ccc(F)cc1. The first-order valence-corrected chi connectivity index (χ1v) is 6.14. The molecule has 0 aromatic heterocycles. The molecule has 2 rings (SSSR count). The van der Waals surface area contributed by atoms with Gasteiger partial charge in [0.15, 0.2) is 0 Å². The summed E-state index contributed by atoms with van der Waals surface area (Å²) in [4.78, 5) is 10.9. The summed E-state index contributed by atoms with van der Waals surface area (Å²) in [5, 5.41) is 0. The Morgan fingerprint density at radius 2 is 1.89 bits per heavy atom. The second kappa shape index (κ2) is 5.65. The Morgan fingerprint density at radius 3 is 2.47 bits per heavy atom. The molecule has 0 unspecified atom stereocenters. The third-order valence-electron chi connectivity index (χ3n) is 2.89. The maximum Gasteiger partial charge on any atom is 0.150 e. The molecule has 0 bridgehead atoms. The van der Waals surface area contributed by atoms with Crippen LogP contribution in [-0.4, -0.2) is 12.9 Å². The molecule has 0 aliphatic rings. The van der Waals surface area contributed by atoms with E-state index in [9.17, 15) is 9.18 Å². The molecule has 0 N–H and O–H groups in total. The molecule has 0 fully saturated rings. The largest absolute Gasteiger partial charge is 0.493 e. The van der Waals surface area contributed by atoms with Gasteiger partial charge in [0, 0.05) is 11.1 Å². The van der Waals surface area contributed by atoms with Crippen molar-refractivity contribution in [3.63, 3.8) is 0 Å². The summed E-state index contributed by atoms with van der Waals surface area (Å²) in [7, 11) is 0. The van der Waals surface area contributed by atoms with Crippen molar-refractivity contribution >= 4 is 6.29 Å². The number of rotatable bonds is 4. The van der Waals surface area contributed by atoms with E-state index in [1.165, 1.54) is 12.1 Å². The molecule has 0 heterocycles. The number of carbonyl (C=O) groups excluding carboxylic acids is 1. The van der Waals surface area contributed by atoms with Gasteiger partial charge in [-0.25, -0.2) is 4.39 Å². The molecule has 3 heteroatoms. The van der Waals surface area contributed by atoms with Gasteiger partial charge in [-0.3, -0.25) is 4.79 Å². The van der Waals surface area contributed by atoms with Crippen LogP contribution in [0.4, 0.5) is 4.39 Å². The Morgan fingerprint density at radius 1 is 1.21 bits per heavy atom. The summed E-state index contributed by atoms with van der Waals surface area (Å²) >= 11 is 0. The van der Waals surface area contributed by atoms with Crippen LogP contribution in [0.2, 0.25) is 0 Å². The van der Waals surface area contributed by atoms with E-state index in [0.29, 0.717) is 17.9 Å². The van der Waals surface area contributed by atoms with E-state index in [0.717, 1.165) is 23.0 Å². The normalized spacial score (nSPS) is 10.3. The maximum atomic E-state index is 13.0. The summed E-state index contributed by atoms with van der Waals surface area (Å²) in [6.07, 6.45) is 0.796. The van der Waals surface area contributed by atoms with Gasteiger partial charge in [0.2, 0.25) is 0 Å². The molecule has 2 nitrogen and oxygen atoms in total. The summed E-state index contributed by atoms with van der Waals surface area (Å²) in [6, 6.07) is 9.76. The summed E-state index contributed by atoms with van der Waals surface area (Å²) in [5.74, 6) is 0.375. The standard InChI is InChI=1S/C16H15FO2/c1-3-19-15-9-12(10-18)8-11(2)16(15)13-4-6-14(17)7-5-13/h4-10H,3H2,1-2H3. The first-order chi connectivity index (χ1) is 9.15. The highest BCUT2D eigenvalue weighted by Gasteiger charge is 2.11. The molecular formula is C16H15FO2. The van der Waals surface area contributed by atoms with Gasteiger partial charge in [-0.1, -0.05) is 12.1 Å². The molecule has 2 aromatic carbocycles. The van der Waals surface area contributed by atoms with Gasteiger partial charge in [-0.15, -0.1) is 0 Å². The lowest BCUT2D eigenvalue weighted by Crippen LogP contribution is -1.98. The fourth-order valence-corrected chi connectivity index (χ4v) is 2.11. The van der Waals surface area contributed by atoms with E-state index < -0.39 is 0 Å². The molecule has 98 valence electrons. The minimum Gasteiger partial charge on any atom is -0.493 e. The van der Waals surface area contributed by atoms with Crippen LogP contribution in [-0.2, 0) is 0 Å². The predicted octanol–water partition coefficient (Wildman–Crippen LogP) is 4.01. The molecule has 0 saturated heterocycles. The van der Waals surface area contributed by atoms with Crippen molar-refractivity contribution in [3.05, 3.63) is 53.3 Å². The third-order valence-corrected chi connectivity index (χ3v) is 2.89. The number of halogens is 1. The van der Waals surface area contributed by atoms with Gasteiger partial charge in [-0.05, 0) is 49.2 Å². The molecule has 0 spiro atoms. The topological polar surface area (TPSA) is 26.3 Å². The van der Waals surface area contributed by atoms with Crippen molar-refractivity contribution in [2.45, 2.75) is 13.8 Å². The Labute approximate surface area is 111 Å². The Hall–Kier alpha value is -2.16. The van der Waals surface area contributed by atoms with Crippen molar-refractivity contribution < 1.29 is 13.9 Å². The van der Waals surface area contributed by atoms with Gasteiger partial charge < -0.3 is 4.74 Å². The van der Waals surface area contributed by atoms with Crippen LogP contribution in [0.15, 0.2) is 36.4 Å². The average Bonchev–Trinajstić information content (AvgIpc) is 2.40. The zero-order valence-electron chi connectivity index (χ0n) is 10.9. The van der Waals surface area contributed by atoms with E-state index in [1.807, 2.05) is 13.8 Å². The van der Waals surface area contributed by atoms with E-state index in [4.69, 9.17) is 4.74 Å². The van der Waals surface area contributed by atoms with Gasteiger partial charge in [0.05, 0.1) is 6.61 Å². The zero-order chi connectivity index (χ0) is 13.8. The van der Waals surface area contributed by atoms with Crippen LogP contribution in [0.1, 0.15) is 22.8 Å². The molecule has 0 amide bonds. The molecule has 2 aromatic rings. The molecule has 0 aliphatic heterocycles. The highest BCUT2D eigenvalue weighted by molar-refractivity contribution is 5.82. The van der Waals surface area contributed by atoms with Gasteiger partial charge in [0.1, 0.15) is 17.9 Å². The molecule has 19 heavy (non-hydrogen) atoms. The van der Waals surface area contributed by atoms with Crippen LogP contribution in [0.25, 0.3) is 11.1 Å². The average molecular weight is 258 g/mol. The molecule has 0 saturated carbocycles. The van der Waals surface area contributed by atoms with Crippen molar-refractivity contribution in [3.8, 4) is 16.9 Å². The lowest BCUT2D eigenvalue weighted by atomic mass is 9.97. The predicted molar refractivity (Wildman–Crippen MR) is 73.1 cm³/mol. The zero-order valence-corrected chi connectivity index (χ0v) is 10.9. The monoisotopic (exact) mass is 258 g/mol. The highest BCUT2D eigenvalue weighted by Crippen LogP contribution is 2.34. The van der Waals surface area contributed by atoms with Crippen molar-refractivity contribution in [1.82, 2.24) is 0 Å². The highest BCUT2D eigenvalue weighted by atomic mass is 19.1. The first-order valence-electron chi connectivity index (χ1n) is 6.14. The number of aryl methyl sites for hydroxylation is 1. The quantitative estimate of drug-likeness (QED) is 0.774. The second-order valence-electron chi connectivity index (χ2n) is 4.27. The number of hydrogen-bond acceptors (Lipinski definition) is 2. The van der Waals surface area contributed by atoms with Crippen molar-refractivity contribution in [2.24, 2.45) is 0 Å². The minimum absolute atomic E-state index is 0.274. The molecule has 0 atom stereocenters. The second-order valence-corrected chi connectivity index (χ2v) is 4.27. The fraction of sp³-hybridized carbons (Fsp3) is 0.188. The van der Waals surface area contributed by atoms with E-state index >= 15 is 0 Å². The van der Waals surface area contributed by atoms with E-state index in [-0.39, 0.29) is 5.82 Å². The van der Waals surface area contributed by atoms with Crippen LogP contribution in [0.3, 0.4) is 0 Å². The number of aldehydes is 1. The van der Waals surface area contributed by atoms with Crippen molar-refractivity contribution in [1.29, 1.82) is 0 Å². The first kappa shape index (κ1) is 13.3. The van der Waals surface area contributed by atoms with Crippen LogP contribution in [0, 0.1) is 12.7 Å². The van der Waals surface area contributed by atoms with E-state index in [2.05, 4.69) is 0 Å². The Kier molecular flexibility index (Phi) is 3.95. The maximum absolute atomic E-state index is 13.0. The van der Waals surface area contributed by atoms with E-state index in [1.54, 1.807) is 24.3 Å². The summed E-state index contributed by atoms with van der Waals surface area (Å²) in [5.41, 5.74) is 3.28. The number of ether oxygens (including phenoxy) is 1. The Balaban J connectivity index is 2.60. The summed E-state index contributed by atoms with van der Waals surface area (Å²) < 4.78 is 18.6. The number of carbonyl (C=O) groups is 1. The van der Waals surface area contributed by atoms with Crippen LogP contribution >= 0.6 is 0 Å². The van der Waals surface area contributed by atoms with Crippen LogP contribution in [0.5, 0.6) is 5.75 Å². The lowest BCUT2D eigenvalue weighted by Gasteiger charge is -2.14. The number of benzene rings is 2. The van der Waals surface area contributed by atoms with Crippen LogP contribution < -0.4 is 4.74 Å². The number of hydrogen-bond donors (Lipinski definition) is 0. The summed E-state index contributed by atoms with van der Waals surface area (Å²) in [6.45, 7) is 4.31. The smallest absolute Gasteiger partial charge is 0.150 e. The van der Waals surface area contributed by atoms with Crippen molar-refractivity contribution in [2.75, 3.05) is 6.61 Å².